The Morgan fingerprint density at radius 3 is 2.90 bits per heavy atom. The highest BCUT2D eigenvalue weighted by Gasteiger charge is 2.08. The van der Waals surface area contributed by atoms with E-state index in [2.05, 4.69) is 14.5 Å². The van der Waals surface area contributed by atoms with Gasteiger partial charge in [0.2, 0.25) is 0 Å². The van der Waals surface area contributed by atoms with Crippen molar-refractivity contribution < 1.29 is 9.90 Å². The van der Waals surface area contributed by atoms with Crippen LogP contribution in [0.25, 0.3) is 0 Å². The van der Waals surface area contributed by atoms with E-state index in [4.69, 9.17) is 5.11 Å². The number of nitrogens with zero attached hydrogens (tertiary/aromatic N) is 4. The number of hydrogen-bond acceptors (Lipinski definition) is 4. The Bertz CT molecular complexity index is 551. The first-order chi connectivity index (χ1) is 9.65. The zero-order valence-electron chi connectivity index (χ0n) is 11.4. The summed E-state index contributed by atoms with van der Waals surface area (Å²) >= 11 is 1.27. The van der Waals surface area contributed by atoms with Gasteiger partial charge in [0.25, 0.3) is 0 Å². The van der Waals surface area contributed by atoms with Crippen LogP contribution in [-0.4, -0.2) is 35.9 Å². The number of carboxylic acids is 1. The number of aryl methyl sites for hydroxylation is 3. The third kappa shape index (κ3) is 4.41. The highest BCUT2D eigenvalue weighted by Crippen LogP contribution is 2.18. The molecule has 0 atom stereocenters. The molecule has 108 valence electrons. The molecule has 2 rings (SSSR count). The summed E-state index contributed by atoms with van der Waals surface area (Å²) in [4.78, 5) is 19.0. The van der Waals surface area contributed by atoms with Crippen molar-refractivity contribution in [1.29, 1.82) is 0 Å². The van der Waals surface area contributed by atoms with E-state index in [0.717, 1.165) is 36.8 Å². The van der Waals surface area contributed by atoms with Crippen molar-refractivity contribution in [2.24, 2.45) is 0 Å². The Labute approximate surface area is 121 Å². The number of hydrogen-bond donors (Lipinski definition) is 1. The van der Waals surface area contributed by atoms with Crippen LogP contribution in [0.2, 0.25) is 0 Å². The first kappa shape index (κ1) is 14.6. The minimum Gasteiger partial charge on any atom is -0.481 e. The van der Waals surface area contributed by atoms with Gasteiger partial charge in [-0.15, -0.1) is 0 Å². The standard InChI is InChI=1S/C13H18N4O2S/c1-11-8-17(13(15-11)20-9-12(18)19)6-3-2-5-16-7-4-14-10-16/h4,7-8,10H,2-3,5-6,9H2,1H3,(H,18,19). The smallest absolute Gasteiger partial charge is 0.313 e. The monoisotopic (exact) mass is 294 g/mol. The van der Waals surface area contributed by atoms with Crippen LogP contribution < -0.4 is 0 Å². The zero-order valence-corrected chi connectivity index (χ0v) is 12.2. The predicted molar refractivity (Wildman–Crippen MR) is 76.8 cm³/mol. The largest absolute Gasteiger partial charge is 0.481 e. The summed E-state index contributed by atoms with van der Waals surface area (Å²) < 4.78 is 4.09. The van der Waals surface area contributed by atoms with Gasteiger partial charge in [0.1, 0.15) is 0 Å². The molecule has 0 radical (unpaired) electrons. The van der Waals surface area contributed by atoms with E-state index < -0.39 is 5.97 Å². The highest BCUT2D eigenvalue weighted by molar-refractivity contribution is 7.99. The van der Waals surface area contributed by atoms with Gasteiger partial charge in [-0.25, -0.2) is 9.97 Å². The van der Waals surface area contributed by atoms with Crippen LogP contribution >= 0.6 is 11.8 Å². The number of imidazole rings is 2. The van der Waals surface area contributed by atoms with Gasteiger partial charge in [-0.05, 0) is 19.8 Å². The number of thioether (sulfide) groups is 1. The summed E-state index contributed by atoms with van der Waals surface area (Å²) in [6.45, 7) is 3.73. The molecule has 0 amide bonds. The van der Waals surface area contributed by atoms with E-state index in [9.17, 15) is 4.79 Å². The quantitative estimate of drug-likeness (QED) is 0.596. The van der Waals surface area contributed by atoms with Crippen LogP contribution in [-0.2, 0) is 17.9 Å². The van der Waals surface area contributed by atoms with Crippen molar-refractivity contribution in [2.45, 2.75) is 38.0 Å². The van der Waals surface area contributed by atoms with Crippen molar-refractivity contribution in [3.05, 3.63) is 30.6 Å². The Hall–Kier alpha value is -1.76. The molecule has 0 aliphatic carbocycles. The first-order valence-electron chi connectivity index (χ1n) is 6.49. The number of aliphatic carboxylic acids is 1. The van der Waals surface area contributed by atoms with E-state index in [1.807, 2.05) is 30.2 Å². The number of aromatic nitrogens is 4. The molecule has 0 spiro atoms. The van der Waals surface area contributed by atoms with Gasteiger partial charge >= 0.3 is 5.97 Å². The summed E-state index contributed by atoms with van der Waals surface area (Å²) in [5.41, 5.74) is 0.924. The van der Waals surface area contributed by atoms with Crippen molar-refractivity contribution >= 4 is 17.7 Å². The first-order valence-corrected chi connectivity index (χ1v) is 7.48. The average Bonchev–Trinajstić information content (AvgIpc) is 3.02. The lowest BCUT2D eigenvalue weighted by Crippen LogP contribution is -2.04. The molecular weight excluding hydrogens is 276 g/mol. The third-order valence-corrected chi connectivity index (χ3v) is 3.78. The summed E-state index contributed by atoms with van der Waals surface area (Å²) in [5, 5.41) is 9.51. The molecule has 7 heteroatoms. The van der Waals surface area contributed by atoms with E-state index in [1.165, 1.54) is 11.8 Å². The molecule has 0 aromatic carbocycles. The summed E-state index contributed by atoms with van der Waals surface area (Å²) in [5.74, 6) is -0.770. The molecule has 2 aromatic heterocycles. The third-order valence-electron chi connectivity index (χ3n) is 2.81. The second-order valence-electron chi connectivity index (χ2n) is 4.55. The Kier molecular flexibility index (Phi) is 5.23. The van der Waals surface area contributed by atoms with Gasteiger partial charge in [-0.3, -0.25) is 4.79 Å². The molecule has 0 aliphatic heterocycles. The molecule has 0 saturated heterocycles. The summed E-state index contributed by atoms with van der Waals surface area (Å²) in [6, 6.07) is 0. The van der Waals surface area contributed by atoms with Crippen molar-refractivity contribution in [3.8, 4) is 0 Å². The van der Waals surface area contributed by atoms with Gasteiger partial charge in [0.05, 0.1) is 17.8 Å². The lowest BCUT2D eigenvalue weighted by molar-refractivity contribution is -0.133. The molecule has 2 heterocycles. The average molecular weight is 294 g/mol. The van der Waals surface area contributed by atoms with E-state index >= 15 is 0 Å². The SMILES string of the molecule is Cc1cn(CCCCn2ccnc2)c(SCC(=O)O)n1. The lowest BCUT2D eigenvalue weighted by atomic mass is 10.3. The fourth-order valence-corrected chi connectivity index (χ4v) is 2.69. The van der Waals surface area contributed by atoms with Crippen LogP contribution in [0.1, 0.15) is 18.5 Å². The maximum Gasteiger partial charge on any atom is 0.313 e. The van der Waals surface area contributed by atoms with Gasteiger partial charge in [-0.1, -0.05) is 11.8 Å². The van der Waals surface area contributed by atoms with Gasteiger partial charge in [0, 0.05) is 31.7 Å². The van der Waals surface area contributed by atoms with Crippen LogP contribution in [0, 0.1) is 6.92 Å². The molecule has 0 aliphatic rings. The number of rotatable bonds is 8. The van der Waals surface area contributed by atoms with Gasteiger partial charge in [-0.2, -0.15) is 0 Å². The van der Waals surface area contributed by atoms with E-state index in [-0.39, 0.29) is 5.75 Å². The van der Waals surface area contributed by atoms with Crippen molar-refractivity contribution in [2.75, 3.05) is 5.75 Å². The maximum absolute atomic E-state index is 10.6. The number of unbranched alkanes of at least 4 members (excludes halogenated alkanes) is 1. The van der Waals surface area contributed by atoms with Gasteiger partial charge < -0.3 is 14.2 Å². The predicted octanol–water partition coefficient (Wildman–Crippen LogP) is 2.05. The van der Waals surface area contributed by atoms with Crippen LogP contribution in [0.15, 0.2) is 30.1 Å². The fourth-order valence-electron chi connectivity index (χ4n) is 1.92. The van der Waals surface area contributed by atoms with E-state index in [0.29, 0.717) is 0 Å². The topological polar surface area (TPSA) is 72.9 Å². The molecule has 0 bridgehead atoms. The molecule has 1 N–H and O–H groups in total. The molecule has 20 heavy (non-hydrogen) atoms. The van der Waals surface area contributed by atoms with Crippen LogP contribution in [0.5, 0.6) is 0 Å². The van der Waals surface area contributed by atoms with Crippen molar-refractivity contribution in [3.63, 3.8) is 0 Å². The second-order valence-corrected chi connectivity index (χ2v) is 5.49. The minimum atomic E-state index is -0.817. The maximum atomic E-state index is 10.6. The highest BCUT2D eigenvalue weighted by atomic mass is 32.2. The number of carboxylic acid groups (broad SMARTS) is 1. The number of carbonyl (C=O) groups is 1. The minimum absolute atomic E-state index is 0.0471. The Balaban J connectivity index is 1.80. The Morgan fingerprint density at radius 1 is 1.40 bits per heavy atom. The molecule has 6 nitrogen and oxygen atoms in total. The molecule has 0 unspecified atom stereocenters. The zero-order chi connectivity index (χ0) is 14.4. The fraction of sp³-hybridized carbons (Fsp3) is 0.462. The van der Waals surface area contributed by atoms with Crippen LogP contribution in [0.4, 0.5) is 0 Å². The van der Waals surface area contributed by atoms with E-state index in [1.54, 1.807) is 6.20 Å². The summed E-state index contributed by atoms with van der Waals surface area (Å²) in [7, 11) is 0. The molecule has 2 aromatic rings. The van der Waals surface area contributed by atoms with Crippen molar-refractivity contribution in [1.82, 2.24) is 19.1 Å². The summed E-state index contributed by atoms with van der Waals surface area (Å²) in [6.07, 6.45) is 9.59. The molecule has 0 fully saturated rings. The van der Waals surface area contributed by atoms with Crippen LogP contribution in [0.3, 0.4) is 0 Å². The Morgan fingerprint density at radius 2 is 2.20 bits per heavy atom. The molecule has 0 saturated carbocycles. The normalized spacial score (nSPS) is 10.8. The lowest BCUT2D eigenvalue weighted by Gasteiger charge is -2.06. The van der Waals surface area contributed by atoms with Gasteiger partial charge in [0.15, 0.2) is 5.16 Å². The molecular formula is C13H18N4O2S. The second kappa shape index (κ2) is 7.14.